The lowest BCUT2D eigenvalue weighted by atomic mass is 10.3. The summed E-state index contributed by atoms with van der Waals surface area (Å²) in [7, 11) is 1.48. The summed E-state index contributed by atoms with van der Waals surface area (Å²) >= 11 is 0. The van der Waals surface area contributed by atoms with Crippen LogP contribution in [0.15, 0.2) is 18.3 Å². The molecule has 0 saturated heterocycles. The van der Waals surface area contributed by atoms with Gasteiger partial charge in [-0.2, -0.15) is 0 Å². The number of pyridine rings is 1. The Hall–Kier alpha value is -1.73. The molecule has 0 fully saturated rings. The number of rotatable bonds is 6. The first-order chi connectivity index (χ1) is 7.69. The summed E-state index contributed by atoms with van der Waals surface area (Å²) in [5.74, 6) is 0.128. The predicted octanol–water partition coefficient (Wildman–Crippen LogP) is 0.409. The molecule has 0 aromatic carbocycles. The van der Waals surface area contributed by atoms with Crippen LogP contribution in [-0.2, 0) is 4.74 Å². The molecule has 0 spiro atoms. The molecule has 1 atom stereocenters. The highest BCUT2D eigenvalue weighted by atomic mass is 16.6. The Morgan fingerprint density at radius 2 is 2.50 bits per heavy atom. The topological polar surface area (TPSA) is 97.5 Å². The van der Waals surface area contributed by atoms with Crippen LogP contribution in [0.3, 0.4) is 0 Å². The molecular weight excluding hydrogens is 214 g/mol. The number of nitro groups is 1. The van der Waals surface area contributed by atoms with Crippen LogP contribution in [0.1, 0.15) is 0 Å². The van der Waals surface area contributed by atoms with Crippen molar-refractivity contribution < 1.29 is 14.8 Å². The molecule has 1 rings (SSSR count). The fourth-order valence-electron chi connectivity index (χ4n) is 1.19. The molecule has 0 amide bonds. The second-order valence-corrected chi connectivity index (χ2v) is 3.11. The normalized spacial score (nSPS) is 12.1. The van der Waals surface area contributed by atoms with Crippen molar-refractivity contribution in [1.29, 1.82) is 0 Å². The van der Waals surface area contributed by atoms with E-state index >= 15 is 0 Å². The van der Waals surface area contributed by atoms with Gasteiger partial charge < -0.3 is 15.2 Å². The lowest BCUT2D eigenvalue weighted by molar-refractivity contribution is -0.384. The van der Waals surface area contributed by atoms with Gasteiger partial charge in [-0.25, -0.2) is 4.98 Å². The molecule has 2 N–H and O–H groups in total. The van der Waals surface area contributed by atoms with Gasteiger partial charge in [0.25, 0.3) is 0 Å². The van der Waals surface area contributed by atoms with Crippen LogP contribution >= 0.6 is 0 Å². The molecule has 0 radical (unpaired) electrons. The Morgan fingerprint density at radius 1 is 1.75 bits per heavy atom. The van der Waals surface area contributed by atoms with E-state index in [-0.39, 0.29) is 24.7 Å². The molecule has 88 valence electrons. The van der Waals surface area contributed by atoms with Crippen LogP contribution in [0.5, 0.6) is 0 Å². The quantitative estimate of drug-likeness (QED) is 0.539. The average molecular weight is 227 g/mol. The number of nitrogens with zero attached hydrogens (tertiary/aromatic N) is 2. The van der Waals surface area contributed by atoms with E-state index in [1.165, 1.54) is 25.4 Å². The predicted molar refractivity (Wildman–Crippen MR) is 57.3 cm³/mol. The summed E-state index contributed by atoms with van der Waals surface area (Å²) in [6.45, 7) is 0.0474. The standard InChI is InChI=1S/C9H13N3O4/c1-16-6-7(5-13)11-9-8(12(14)15)3-2-4-10-9/h2-4,7,13H,5-6H2,1H3,(H,10,11). The van der Waals surface area contributed by atoms with Gasteiger partial charge in [-0.05, 0) is 6.07 Å². The molecule has 0 aliphatic carbocycles. The summed E-state index contributed by atoms with van der Waals surface area (Å²) in [6, 6.07) is 2.41. The zero-order valence-electron chi connectivity index (χ0n) is 8.79. The summed E-state index contributed by atoms with van der Waals surface area (Å²) < 4.78 is 4.85. The van der Waals surface area contributed by atoms with Gasteiger partial charge in [0.2, 0.25) is 5.82 Å². The number of anilines is 1. The fourth-order valence-corrected chi connectivity index (χ4v) is 1.19. The number of aliphatic hydroxyl groups excluding tert-OH is 1. The minimum atomic E-state index is -0.531. The van der Waals surface area contributed by atoms with Crippen molar-refractivity contribution in [3.63, 3.8) is 0 Å². The Kier molecular flexibility index (Phi) is 4.62. The zero-order chi connectivity index (χ0) is 12.0. The molecule has 0 saturated carbocycles. The average Bonchev–Trinajstić information content (AvgIpc) is 2.29. The van der Waals surface area contributed by atoms with Crippen molar-refractivity contribution in [2.24, 2.45) is 0 Å². The number of hydrogen-bond acceptors (Lipinski definition) is 6. The largest absolute Gasteiger partial charge is 0.394 e. The maximum Gasteiger partial charge on any atom is 0.311 e. The van der Waals surface area contributed by atoms with E-state index in [1.807, 2.05) is 0 Å². The maximum absolute atomic E-state index is 10.7. The minimum absolute atomic E-state index is 0.128. The third-order valence-electron chi connectivity index (χ3n) is 1.91. The number of aliphatic hydroxyl groups is 1. The molecule has 0 aliphatic rings. The lowest BCUT2D eigenvalue weighted by Crippen LogP contribution is -2.29. The third-order valence-corrected chi connectivity index (χ3v) is 1.91. The smallest absolute Gasteiger partial charge is 0.311 e. The van der Waals surface area contributed by atoms with Crippen molar-refractivity contribution in [3.8, 4) is 0 Å². The van der Waals surface area contributed by atoms with Gasteiger partial charge in [0.05, 0.1) is 24.2 Å². The minimum Gasteiger partial charge on any atom is -0.394 e. The first-order valence-electron chi connectivity index (χ1n) is 4.64. The van der Waals surface area contributed by atoms with Crippen LogP contribution < -0.4 is 5.32 Å². The van der Waals surface area contributed by atoms with Crippen LogP contribution in [0.4, 0.5) is 11.5 Å². The van der Waals surface area contributed by atoms with Gasteiger partial charge in [-0.3, -0.25) is 10.1 Å². The second kappa shape index (κ2) is 5.99. The van der Waals surface area contributed by atoms with E-state index in [9.17, 15) is 10.1 Å². The van der Waals surface area contributed by atoms with E-state index < -0.39 is 11.0 Å². The molecule has 7 nitrogen and oxygen atoms in total. The van der Waals surface area contributed by atoms with Crippen molar-refractivity contribution in [2.45, 2.75) is 6.04 Å². The Morgan fingerprint density at radius 3 is 3.06 bits per heavy atom. The van der Waals surface area contributed by atoms with E-state index in [2.05, 4.69) is 10.3 Å². The van der Waals surface area contributed by atoms with Gasteiger partial charge >= 0.3 is 5.69 Å². The molecule has 16 heavy (non-hydrogen) atoms. The van der Waals surface area contributed by atoms with Crippen LogP contribution in [-0.4, -0.2) is 41.4 Å². The molecule has 7 heteroatoms. The van der Waals surface area contributed by atoms with Crippen molar-refractivity contribution in [3.05, 3.63) is 28.4 Å². The van der Waals surface area contributed by atoms with E-state index in [4.69, 9.17) is 9.84 Å². The van der Waals surface area contributed by atoms with E-state index in [0.717, 1.165) is 0 Å². The lowest BCUT2D eigenvalue weighted by Gasteiger charge is -2.15. The number of aromatic nitrogens is 1. The highest BCUT2D eigenvalue weighted by Crippen LogP contribution is 2.20. The fraction of sp³-hybridized carbons (Fsp3) is 0.444. The highest BCUT2D eigenvalue weighted by molar-refractivity contribution is 5.55. The Labute approximate surface area is 92.2 Å². The first kappa shape index (κ1) is 12.3. The number of ether oxygens (including phenoxy) is 1. The molecule has 1 unspecified atom stereocenters. The van der Waals surface area contributed by atoms with Crippen LogP contribution in [0.2, 0.25) is 0 Å². The second-order valence-electron chi connectivity index (χ2n) is 3.11. The van der Waals surface area contributed by atoms with Gasteiger partial charge in [0.1, 0.15) is 0 Å². The summed E-state index contributed by atoms with van der Waals surface area (Å²) in [6.07, 6.45) is 1.44. The van der Waals surface area contributed by atoms with Crippen LogP contribution in [0.25, 0.3) is 0 Å². The van der Waals surface area contributed by atoms with Crippen molar-refractivity contribution >= 4 is 11.5 Å². The maximum atomic E-state index is 10.7. The highest BCUT2D eigenvalue weighted by Gasteiger charge is 2.17. The molecule has 1 heterocycles. The van der Waals surface area contributed by atoms with Gasteiger partial charge in [-0.1, -0.05) is 0 Å². The molecule has 1 aromatic heterocycles. The third kappa shape index (κ3) is 3.14. The van der Waals surface area contributed by atoms with Gasteiger partial charge in [0.15, 0.2) is 0 Å². The number of hydrogen-bond donors (Lipinski definition) is 2. The molecule has 1 aromatic rings. The van der Waals surface area contributed by atoms with Crippen LogP contribution in [0, 0.1) is 10.1 Å². The SMILES string of the molecule is COCC(CO)Nc1ncccc1[N+](=O)[O-]. The molecule has 0 bridgehead atoms. The zero-order valence-corrected chi connectivity index (χ0v) is 8.79. The summed E-state index contributed by atoms with van der Waals surface area (Å²) in [5.41, 5.74) is -0.128. The monoisotopic (exact) mass is 227 g/mol. The number of methoxy groups -OCH3 is 1. The summed E-state index contributed by atoms with van der Waals surface area (Å²) in [4.78, 5) is 14.0. The van der Waals surface area contributed by atoms with E-state index in [0.29, 0.717) is 0 Å². The number of nitrogens with one attached hydrogen (secondary N) is 1. The molecular formula is C9H13N3O4. The van der Waals surface area contributed by atoms with E-state index in [1.54, 1.807) is 0 Å². The Bertz CT molecular complexity index is 358. The Balaban J connectivity index is 2.82. The molecule has 0 aliphatic heterocycles. The van der Waals surface area contributed by atoms with Gasteiger partial charge in [-0.15, -0.1) is 0 Å². The van der Waals surface area contributed by atoms with Crippen molar-refractivity contribution in [1.82, 2.24) is 4.98 Å². The van der Waals surface area contributed by atoms with Gasteiger partial charge in [0, 0.05) is 19.4 Å². The first-order valence-corrected chi connectivity index (χ1v) is 4.64. The van der Waals surface area contributed by atoms with Crippen molar-refractivity contribution in [2.75, 3.05) is 25.6 Å². The summed E-state index contributed by atoms with van der Waals surface area (Å²) in [5, 5.41) is 22.4.